The van der Waals surface area contributed by atoms with Crippen molar-refractivity contribution in [3.8, 4) is 11.5 Å². The Morgan fingerprint density at radius 3 is 2.92 bits per heavy atom. The van der Waals surface area contributed by atoms with Gasteiger partial charge < -0.3 is 14.8 Å². The smallest absolute Gasteiger partial charge is 0.238 e. The number of nitrogens with zero attached hydrogens (tertiary/aromatic N) is 1. The second-order valence-corrected chi connectivity index (χ2v) is 7.61. The fraction of sp³-hybridized carbons (Fsp3) is 0.389. The zero-order valence-corrected chi connectivity index (χ0v) is 15.3. The van der Waals surface area contributed by atoms with E-state index in [-0.39, 0.29) is 5.91 Å². The Hall–Kier alpha value is -1.76. The number of carbonyl (C=O) groups excluding carboxylic acids is 1. The first kappa shape index (κ1) is 16.7. The van der Waals surface area contributed by atoms with Crippen molar-refractivity contribution in [2.24, 2.45) is 0 Å². The first-order valence-corrected chi connectivity index (χ1v) is 9.61. The van der Waals surface area contributed by atoms with Crippen LogP contribution in [0.4, 0.5) is 5.69 Å². The molecule has 5 nitrogen and oxygen atoms in total. The third-order valence-electron chi connectivity index (χ3n) is 4.37. The number of hydrogen-bond acceptors (Lipinski definition) is 5. The molecule has 7 heteroatoms. The van der Waals surface area contributed by atoms with Crippen LogP contribution in [0.25, 0.3) is 0 Å². The quantitative estimate of drug-likeness (QED) is 0.887. The highest BCUT2D eigenvalue weighted by molar-refractivity contribution is 7.10. The van der Waals surface area contributed by atoms with Crippen molar-refractivity contribution in [2.75, 3.05) is 31.6 Å². The molecular weight excluding hydrogens is 360 g/mol. The SMILES string of the molecule is O=C(CN1CCc2sccc2C1)Nc1cc2c(cc1Cl)OCCCO2. The third kappa shape index (κ3) is 3.76. The van der Waals surface area contributed by atoms with Crippen molar-refractivity contribution < 1.29 is 14.3 Å². The molecule has 0 saturated heterocycles. The minimum atomic E-state index is -0.0740. The maximum atomic E-state index is 12.4. The van der Waals surface area contributed by atoms with Crippen molar-refractivity contribution in [1.29, 1.82) is 0 Å². The highest BCUT2D eigenvalue weighted by Gasteiger charge is 2.20. The predicted octanol–water partition coefficient (Wildman–Crippen LogP) is 3.56. The number of thiophene rings is 1. The van der Waals surface area contributed by atoms with Gasteiger partial charge in [0, 0.05) is 36.5 Å². The Labute approximate surface area is 155 Å². The summed E-state index contributed by atoms with van der Waals surface area (Å²) in [6.07, 6.45) is 1.83. The lowest BCUT2D eigenvalue weighted by atomic mass is 10.1. The molecular formula is C18H19ClN2O3S. The Morgan fingerprint density at radius 2 is 2.08 bits per heavy atom. The number of amides is 1. The molecule has 0 radical (unpaired) electrons. The molecule has 0 atom stereocenters. The number of benzene rings is 1. The fourth-order valence-corrected chi connectivity index (χ4v) is 4.20. The second-order valence-electron chi connectivity index (χ2n) is 6.21. The molecule has 2 aliphatic heterocycles. The maximum Gasteiger partial charge on any atom is 0.238 e. The molecule has 0 fully saturated rings. The summed E-state index contributed by atoms with van der Waals surface area (Å²) in [6, 6.07) is 5.59. The molecule has 0 spiro atoms. The molecule has 1 amide bonds. The number of fused-ring (bicyclic) bond motifs is 2. The van der Waals surface area contributed by atoms with E-state index < -0.39 is 0 Å². The van der Waals surface area contributed by atoms with Gasteiger partial charge in [-0.1, -0.05) is 11.6 Å². The predicted molar refractivity (Wildman–Crippen MR) is 99.0 cm³/mol. The van der Waals surface area contributed by atoms with Crippen molar-refractivity contribution >= 4 is 34.5 Å². The van der Waals surface area contributed by atoms with E-state index in [1.54, 1.807) is 23.5 Å². The van der Waals surface area contributed by atoms with Crippen LogP contribution >= 0.6 is 22.9 Å². The number of halogens is 1. The van der Waals surface area contributed by atoms with Crippen molar-refractivity contribution in [3.05, 3.63) is 39.0 Å². The van der Waals surface area contributed by atoms with Gasteiger partial charge in [0.1, 0.15) is 0 Å². The summed E-state index contributed by atoms with van der Waals surface area (Å²) in [5.41, 5.74) is 1.89. The van der Waals surface area contributed by atoms with Crippen LogP contribution in [0.15, 0.2) is 23.6 Å². The van der Waals surface area contributed by atoms with Gasteiger partial charge in [-0.05, 0) is 23.4 Å². The van der Waals surface area contributed by atoms with Crippen LogP contribution in [0.1, 0.15) is 16.9 Å². The lowest BCUT2D eigenvalue weighted by molar-refractivity contribution is -0.117. The van der Waals surface area contributed by atoms with Crippen LogP contribution in [0.5, 0.6) is 11.5 Å². The Bertz CT molecular complexity index is 793. The zero-order valence-electron chi connectivity index (χ0n) is 13.7. The minimum absolute atomic E-state index is 0.0740. The molecule has 2 aromatic rings. The average molecular weight is 379 g/mol. The summed E-state index contributed by atoms with van der Waals surface area (Å²) in [5, 5.41) is 5.47. The summed E-state index contributed by atoms with van der Waals surface area (Å²) >= 11 is 8.09. The molecule has 0 unspecified atom stereocenters. The van der Waals surface area contributed by atoms with E-state index in [1.807, 2.05) is 0 Å². The first-order valence-electron chi connectivity index (χ1n) is 8.35. The van der Waals surface area contributed by atoms with Gasteiger partial charge in [0.2, 0.25) is 5.91 Å². The normalized spacial score (nSPS) is 16.8. The summed E-state index contributed by atoms with van der Waals surface area (Å²) < 4.78 is 11.3. The van der Waals surface area contributed by atoms with Crippen molar-refractivity contribution in [3.63, 3.8) is 0 Å². The topological polar surface area (TPSA) is 50.8 Å². The third-order valence-corrected chi connectivity index (χ3v) is 5.70. The van der Waals surface area contributed by atoms with Gasteiger partial charge in [-0.2, -0.15) is 0 Å². The molecule has 3 heterocycles. The molecule has 1 N–H and O–H groups in total. The van der Waals surface area contributed by atoms with E-state index in [4.69, 9.17) is 21.1 Å². The largest absolute Gasteiger partial charge is 0.490 e. The van der Waals surface area contributed by atoms with Gasteiger partial charge in [-0.25, -0.2) is 0 Å². The van der Waals surface area contributed by atoms with Gasteiger partial charge in [0.25, 0.3) is 0 Å². The minimum Gasteiger partial charge on any atom is -0.490 e. The Morgan fingerprint density at radius 1 is 1.28 bits per heavy atom. The number of rotatable bonds is 3. The molecule has 4 rings (SSSR count). The number of nitrogens with one attached hydrogen (secondary N) is 1. The highest BCUT2D eigenvalue weighted by Crippen LogP contribution is 2.37. The molecule has 0 aliphatic carbocycles. The van der Waals surface area contributed by atoms with E-state index in [9.17, 15) is 4.79 Å². The molecule has 132 valence electrons. The molecule has 0 saturated carbocycles. The van der Waals surface area contributed by atoms with Crippen LogP contribution in [0, 0.1) is 0 Å². The summed E-state index contributed by atoms with van der Waals surface area (Å²) in [5.74, 6) is 1.18. The summed E-state index contributed by atoms with van der Waals surface area (Å²) in [7, 11) is 0. The molecule has 2 aliphatic rings. The average Bonchev–Trinajstić information content (AvgIpc) is 2.94. The van der Waals surface area contributed by atoms with Gasteiger partial charge in [-0.15, -0.1) is 11.3 Å². The van der Waals surface area contributed by atoms with Gasteiger partial charge in [0.15, 0.2) is 11.5 Å². The van der Waals surface area contributed by atoms with E-state index in [1.165, 1.54) is 10.4 Å². The second kappa shape index (κ2) is 7.23. The lowest BCUT2D eigenvalue weighted by Gasteiger charge is -2.26. The van der Waals surface area contributed by atoms with E-state index >= 15 is 0 Å². The monoisotopic (exact) mass is 378 g/mol. The highest BCUT2D eigenvalue weighted by atomic mass is 35.5. The van der Waals surface area contributed by atoms with Gasteiger partial charge in [0.05, 0.1) is 30.5 Å². The maximum absolute atomic E-state index is 12.4. The number of anilines is 1. The van der Waals surface area contributed by atoms with Crippen molar-refractivity contribution in [1.82, 2.24) is 4.90 Å². The zero-order chi connectivity index (χ0) is 17.2. The van der Waals surface area contributed by atoms with Crippen LogP contribution in [-0.4, -0.2) is 37.1 Å². The fourth-order valence-electron chi connectivity index (χ4n) is 3.11. The summed E-state index contributed by atoms with van der Waals surface area (Å²) in [6.45, 7) is 3.27. The van der Waals surface area contributed by atoms with E-state index in [0.29, 0.717) is 42.0 Å². The van der Waals surface area contributed by atoms with Crippen LogP contribution in [-0.2, 0) is 17.8 Å². The number of hydrogen-bond donors (Lipinski definition) is 1. The number of ether oxygens (including phenoxy) is 2. The molecule has 1 aromatic heterocycles. The van der Waals surface area contributed by atoms with Gasteiger partial charge >= 0.3 is 0 Å². The summed E-state index contributed by atoms with van der Waals surface area (Å²) in [4.78, 5) is 16.0. The van der Waals surface area contributed by atoms with Crippen LogP contribution in [0.3, 0.4) is 0 Å². The molecule has 1 aromatic carbocycles. The molecule has 25 heavy (non-hydrogen) atoms. The van der Waals surface area contributed by atoms with Crippen LogP contribution < -0.4 is 14.8 Å². The van der Waals surface area contributed by atoms with E-state index in [2.05, 4.69) is 21.7 Å². The van der Waals surface area contributed by atoms with Crippen LogP contribution in [0.2, 0.25) is 5.02 Å². The standard InChI is InChI=1S/C18H19ClN2O3S/c19-13-8-15-16(24-6-1-5-23-15)9-14(13)20-18(22)11-21-4-2-17-12(10-21)3-7-25-17/h3,7-9H,1-2,4-6,10-11H2,(H,20,22). The van der Waals surface area contributed by atoms with Crippen molar-refractivity contribution in [2.45, 2.75) is 19.4 Å². The van der Waals surface area contributed by atoms with Gasteiger partial charge in [-0.3, -0.25) is 9.69 Å². The lowest BCUT2D eigenvalue weighted by Crippen LogP contribution is -2.36. The number of carbonyl (C=O) groups is 1. The Kier molecular flexibility index (Phi) is 4.83. The molecule has 0 bridgehead atoms. The first-order chi connectivity index (χ1) is 12.2. The van der Waals surface area contributed by atoms with E-state index in [0.717, 1.165) is 25.9 Å². The Balaban J connectivity index is 1.42.